The van der Waals surface area contributed by atoms with Crippen LogP contribution in [0.5, 0.6) is 17.2 Å². The Labute approximate surface area is 243 Å². The molecule has 214 valence electrons. The summed E-state index contributed by atoms with van der Waals surface area (Å²) in [4.78, 5) is 40.9. The van der Waals surface area contributed by atoms with Crippen molar-refractivity contribution in [1.82, 2.24) is 15.5 Å². The molecule has 0 spiro atoms. The fourth-order valence-corrected chi connectivity index (χ4v) is 5.21. The van der Waals surface area contributed by atoms with E-state index in [1.165, 1.54) is 0 Å². The van der Waals surface area contributed by atoms with Crippen LogP contribution in [0.1, 0.15) is 33.5 Å². The summed E-state index contributed by atoms with van der Waals surface area (Å²) in [7, 11) is 1.55. The van der Waals surface area contributed by atoms with Crippen LogP contribution in [-0.2, 0) is 22.6 Å². The van der Waals surface area contributed by atoms with Crippen LogP contribution in [0.15, 0.2) is 60.7 Å². The zero-order chi connectivity index (χ0) is 28.9. The molecule has 3 amide bonds. The van der Waals surface area contributed by atoms with Gasteiger partial charge < -0.3 is 29.7 Å². The Morgan fingerprint density at radius 2 is 1.95 bits per heavy atom. The molecule has 0 aliphatic carbocycles. The molecule has 0 radical (unpaired) electrons. The van der Waals surface area contributed by atoms with Crippen molar-refractivity contribution in [3.63, 3.8) is 0 Å². The Bertz CT molecular complexity index is 1460. The molecule has 4 bridgehead atoms. The van der Waals surface area contributed by atoms with Crippen LogP contribution in [0.3, 0.4) is 0 Å². The lowest BCUT2D eigenvalue weighted by Gasteiger charge is -2.39. The number of nitrogens with one attached hydrogen (secondary N) is 2. The Morgan fingerprint density at radius 1 is 1.12 bits per heavy atom. The molecule has 2 atom stereocenters. The van der Waals surface area contributed by atoms with E-state index >= 15 is 0 Å². The zero-order valence-corrected chi connectivity index (χ0v) is 23.7. The first-order valence-electron chi connectivity index (χ1n) is 13.5. The molecule has 3 heterocycles. The number of carbonyl (C=O) groups excluding carboxylic acids is 3. The van der Waals surface area contributed by atoms with Crippen LogP contribution in [-0.4, -0.2) is 61.6 Å². The van der Waals surface area contributed by atoms with Gasteiger partial charge in [-0.05, 0) is 48.4 Å². The van der Waals surface area contributed by atoms with E-state index in [-0.39, 0.29) is 43.8 Å². The third-order valence-electron chi connectivity index (χ3n) is 7.35. The van der Waals surface area contributed by atoms with Gasteiger partial charge in [-0.1, -0.05) is 35.9 Å². The highest BCUT2D eigenvalue weighted by Gasteiger charge is 2.34. The highest BCUT2D eigenvalue weighted by molar-refractivity contribution is 6.31. The third kappa shape index (κ3) is 6.74. The van der Waals surface area contributed by atoms with Crippen LogP contribution >= 0.6 is 11.6 Å². The van der Waals surface area contributed by atoms with Crippen LogP contribution < -0.4 is 24.8 Å². The second-order valence-electron chi connectivity index (χ2n) is 10.2. The topological polar surface area (TPSA) is 106 Å². The van der Waals surface area contributed by atoms with Crippen molar-refractivity contribution < 1.29 is 28.6 Å². The summed E-state index contributed by atoms with van der Waals surface area (Å²) in [5.41, 5.74) is 2.70. The molecule has 2 N–H and O–H groups in total. The first-order chi connectivity index (χ1) is 19.8. The summed E-state index contributed by atoms with van der Waals surface area (Å²) in [6, 6.07) is 17.3. The summed E-state index contributed by atoms with van der Waals surface area (Å²) in [6.45, 7) is 2.62. The SMILES string of the molecule is COc1cc2ccc1CNC(=O)COc1cc(ccc1C)C(=O)N[C@H]1CN(C(=O)Cc3ccccc3Cl)CC[C@H]1O2. The van der Waals surface area contributed by atoms with Crippen molar-refractivity contribution in [3.8, 4) is 17.2 Å². The smallest absolute Gasteiger partial charge is 0.258 e. The highest BCUT2D eigenvalue weighted by atomic mass is 35.5. The monoisotopic (exact) mass is 577 g/mol. The van der Waals surface area contributed by atoms with Gasteiger partial charge in [-0.2, -0.15) is 0 Å². The van der Waals surface area contributed by atoms with Gasteiger partial charge >= 0.3 is 0 Å². The number of hydrogen-bond donors (Lipinski definition) is 2. The zero-order valence-electron chi connectivity index (χ0n) is 22.9. The summed E-state index contributed by atoms with van der Waals surface area (Å²) >= 11 is 6.30. The lowest BCUT2D eigenvalue weighted by molar-refractivity contribution is -0.133. The molecule has 1 fully saturated rings. The van der Waals surface area contributed by atoms with Crippen LogP contribution in [0.2, 0.25) is 5.02 Å². The van der Waals surface area contributed by atoms with Gasteiger partial charge in [0.1, 0.15) is 23.4 Å². The minimum absolute atomic E-state index is 0.0802. The molecule has 0 saturated carbocycles. The number of ether oxygens (including phenoxy) is 3. The molecular formula is C31H32ClN3O6. The third-order valence-corrected chi connectivity index (χ3v) is 7.72. The van der Waals surface area contributed by atoms with E-state index in [2.05, 4.69) is 10.6 Å². The Hall–Kier alpha value is -4.24. The second kappa shape index (κ2) is 12.5. The lowest BCUT2D eigenvalue weighted by atomic mass is 9.99. The van der Waals surface area contributed by atoms with Gasteiger partial charge in [-0.25, -0.2) is 0 Å². The largest absolute Gasteiger partial charge is 0.496 e. The van der Waals surface area contributed by atoms with Gasteiger partial charge in [0.25, 0.3) is 11.8 Å². The fourth-order valence-electron chi connectivity index (χ4n) is 5.01. The standard InChI is InChI=1S/C31H32ClN3O6/c1-19-7-8-21-13-27(19)40-18-29(36)33-16-22-9-10-23(15-28(22)39-2)41-26-11-12-35(17-25(26)34-31(21)38)30(37)14-20-5-3-4-6-24(20)32/h3-10,13,15,25-26H,11-12,14,16-18H2,1-2H3,(H,33,36)(H,34,38)/t25-,26+/m0/s1. The Morgan fingerprint density at radius 3 is 2.76 bits per heavy atom. The number of piperidine rings is 1. The molecule has 0 aromatic heterocycles. The molecule has 1 saturated heterocycles. The molecular weight excluding hydrogens is 546 g/mol. The molecule has 3 aliphatic rings. The molecule has 9 nitrogen and oxygen atoms in total. The van der Waals surface area contributed by atoms with Gasteiger partial charge in [-0.3, -0.25) is 14.4 Å². The molecule has 0 unspecified atom stereocenters. The quantitative estimate of drug-likeness (QED) is 0.492. The van der Waals surface area contributed by atoms with Gasteiger partial charge in [-0.15, -0.1) is 0 Å². The van der Waals surface area contributed by atoms with E-state index in [9.17, 15) is 14.4 Å². The van der Waals surface area contributed by atoms with Gasteiger partial charge in [0.05, 0.1) is 19.6 Å². The Kier molecular flexibility index (Phi) is 8.64. The lowest BCUT2D eigenvalue weighted by Crippen LogP contribution is -2.58. The van der Waals surface area contributed by atoms with E-state index in [1.807, 2.05) is 31.2 Å². The molecule has 6 rings (SSSR count). The number of nitrogens with zero attached hydrogens (tertiary/aromatic N) is 1. The maximum absolute atomic E-state index is 13.4. The molecule has 41 heavy (non-hydrogen) atoms. The van der Waals surface area contributed by atoms with Crippen LogP contribution in [0, 0.1) is 6.92 Å². The summed E-state index contributed by atoms with van der Waals surface area (Å²) in [6.07, 6.45) is 0.257. The first-order valence-corrected chi connectivity index (χ1v) is 13.8. The van der Waals surface area contributed by atoms with Crippen molar-refractivity contribution in [2.45, 2.75) is 38.5 Å². The van der Waals surface area contributed by atoms with Crippen molar-refractivity contribution in [2.24, 2.45) is 0 Å². The fraction of sp³-hybridized carbons (Fsp3) is 0.323. The second-order valence-corrected chi connectivity index (χ2v) is 10.6. The predicted molar refractivity (Wildman–Crippen MR) is 154 cm³/mol. The van der Waals surface area contributed by atoms with E-state index in [0.29, 0.717) is 40.8 Å². The maximum Gasteiger partial charge on any atom is 0.258 e. The van der Waals surface area contributed by atoms with Crippen molar-refractivity contribution in [1.29, 1.82) is 0 Å². The summed E-state index contributed by atoms with van der Waals surface area (Å²) in [5, 5.41) is 6.46. The number of likely N-dealkylation sites (tertiary alicyclic amines) is 1. The van der Waals surface area contributed by atoms with Crippen molar-refractivity contribution in [2.75, 3.05) is 26.8 Å². The molecule has 10 heteroatoms. The minimum Gasteiger partial charge on any atom is -0.496 e. The Balaban J connectivity index is 1.43. The number of aryl methyl sites for hydroxylation is 1. The average Bonchev–Trinajstić information content (AvgIpc) is 2.97. The molecule has 3 aromatic rings. The predicted octanol–water partition coefficient (Wildman–Crippen LogP) is 3.69. The number of hydrogen-bond acceptors (Lipinski definition) is 6. The first kappa shape index (κ1) is 28.3. The maximum atomic E-state index is 13.4. The van der Waals surface area contributed by atoms with Crippen LogP contribution in [0.4, 0.5) is 0 Å². The number of halogens is 1. The van der Waals surface area contributed by atoms with Crippen molar-refractivity contribution in [3.05, 3.63) is 87.9 Å². The number of benzene rings is 3. The number of carbonyl (C=O) groups is 3. The van der Waals surface area contributed by atoms with Gasteiger partial charge in [0.2, 0.25) is 5.91 Å². The van der Waals surface area contributed by atoms with Gasteiger partial charge in [0.15, 0.2) is 6.61 Å². The minimum atomic E-state index is -0.498. The number of fused-ring (bicyclic) bond motifs is 7. The van der Waals surface area contributed by atoms with Crippen molar-refractivity contribution >= 4 is 29.3 Å². The van der Waals surface area contributed by atoms with Gasteiger partial charge in [0, 0.05) is 48.3 Å². The van der Waals surface area contributed by atoms with E-state index < -0.39 is 12.1 Å². The normalized spacial score (nSPS) is 19.1. The van der Waals surface area contributed by atoms with E-state index in [0.717, 1.165) is 16.7 Å². The van der Waals surface area contributed by atoms with E-state index in [4.69, 9.17) is 25.8 Å². The molecule has 3 aliphatic heterocycles. The number of methoxy groups -OCH3 is 1. The number of amides is 3. The molecule has 3 aromatic carbocycles. The summed E-state index contributed by atoms with van der Waals surface area (Å²) < 4.78 is 17.7. The van der Waals surface area contributed by atoms with Crippen LogP contribution in [0.25, 0.3) is 0 Å². The summed E-state index contributed by atoms with van der Waals surface area (Å²) in [5.74, 6) is 0.829. The highest BCUT2D eigenvalue weighted by Crippen LogP contribution is 2.28. The van der Waals surface area contributed by atoms with E-state index in [1.54, 1.807) is 48.4 Å². The number of rotatable bonds is 3. The average molecular weight is 578 g/mol.